The van der Waals surface area contributed by atoms with Crippen molar-refractivity contribution in [1.82, 2.24) is 0 Å². The molecule has 0 aliphatic rings. The summed E-state index contributed by atoms with van der Waals surface area (Å²) < 4.78 is 0. The first-order valence-corrected chi connectivity index (χ1v) is 6.71. The van der Waals surface area contributed by atoms with Crippen LogP contribution in [0, 0.1) is 10.1 Å². The fourth-order valence-electron chi connectivity index (χ4n) is 1.72. The maximum absolute atomic E-state index is 11.0. The molecule has 118 valence electrons. The predicted molar refractivity (Wildman–Crippen MR) is 84.7 cm³/mol. The van der Waals surface area contributed by atoms with Crippen LogP contribution in [-0.2, 0) is 4.79 Å². The van der Waals surface area contributed by atoms with Crippen LogP contribution in [0.25, 0.3) is 0 Å². The number of hydrogen-bond donors (Lipinski definition) is 2. The number of rotatable bonds is 4. The number of azo groups is 1. The number of anilines is 1. The van der Waals surface area contributed by atoms with Gasteiger partial charge in [0.1, 0.15) is 11.4 Å². The number of phenols is 1. The molecule has 0 atom stereocenters. The van der Waals surface area contributed by atoms with E-state index in [4.69, 9.17) is 11.6 Å². The van der Waals surface area contributed by atoms with Crippen molar-refractivity contribution in [1.29, 1.82) is 0 Å². The molecule has 2 rings (SSSR count). The number of carbonyl (C=O) groups is 1. The summed E-state index contributed by atoms with van der Waals surface area (Å²) in [7, 11) is 0. The molecule has 8 nitrogen and oxygen atoms in total. The summed E-state index contributed by atoms with van der Waals surface area (Å²) in [5.74, 6) is -0.466. The van der Waals surface area contributed by atoms with Crippen molar-refractivity contribution in [2.75, 3.05) is 5.32 Å². The Labute approximate surface area is 135 Å². The Morgan fingerprint density at radius 2 is 1.91 bits per heavy atom. The lowest BCUT2D eigenvalue weighted by molar-refractivity contribution is -0.384. The third-order valence-corrected chi connectivity index (χ3v) is 2.93. The Kier molecular flexibility index (Phi) is 4.87. The summed E-state index contributed by atoms with van der Waals surface area (Å²) in [5, 5.41) is 31.0. The van der Waals surface area contributed by atoms with E-state index in [0.29, 0.717) is 5.69 Å². The number of nitrogens with one attached hydrogen (secondary N) is 1. The SMILES string of the molecule is CC(=O)Nc1ccc(O)c(N=Nc2ccc(Cl)cc2[N+](=O)[O-])c1. The first kappa shape index (κ1) is 16.4. The fraction of sp³-hybridized carbons (Fsp3) is 0.0714. The van der Waals surface area contributed by atoms with Crippen LogP contribution < -0.4 is 5.32 Å². The van der Waals surface area contributed by atoms with Gasteiger partial charge < -0.3 is 10.4 Å². The predicted octanol–water partition coefficient (Wildman–Crippen LogP) is 4.33. The molecule has 0 bridgehead atoms. The molecule has 2 N–H and O–H groups in total. The van der Waals surface area contributed by atoms with Gasteiger partial charge in [0, 0.05) is 23.7 Å². The molecule has 2 aromatic rings. The molecule has 0 aliphatic carbocycles. The van der Waals surface area contributed by atoms with E-state index in [2.05, 4.69) is 15.5 Å². The summed E-state index contributed by atoms with van der Waals surface area (Å²) in [6.07, 6.45) is 0. The van der Waals surface area contributed by atoms with E-state index in [1.54, 1.807) is 0 Å². The van der Waals surface area contributed by atoms with Crippen molar-refractivity contribution < 1.29 is 14.8 Å². The molecule has 0 unspecified atom stereocenters. The van der Waals surface area contributed by atoms with Gasteiger partial charge >= 0.3 is 0 Å². The molecule has 0 spiro atoms. The number of phenolic OH excluding ortho intramolecular Hbond substituents is 1. The number of halogens is 1. The average Bonchev–Trinajstić information content (AvgIpc) is 2.48. The van der Waals surface area contributed by atoms with Crippen LogP contribution in [0.4, 0.5) is 22.7 Å². The molecule has 9 heteroatoms. The fourth-order valence-corrected chi connectivity index (χ4v) is 1.89. The zero-order valence-electron chi connectivity index (χ0n) is 11.9. The van der Waals surface area contributed by atoms with Gasteiger partial charge in [-0.25, -0.2) is 0 Å². The summed E-state index contributed by atoms with van der Waals surface area (Å²) in [5.41, 5.74) is 0.151. The molecule has 23 heavy (non-hydrogen) atoms. The molecule has 0 heterocycles. The van der Waals surface area contributed by atoms with Crippen LogP contribution in [0.5, 0.6) is 5.75 Å². The zero-order chi connectivity index (χ0) is 17.0. The molecule has 0 saturated heterocycles. The number of nitro groups is 1. The van der Waals surface area contributed by atoms with Gasteiger partial charge in [-0.15, -0.1) is 10.2 Å². The van der Waals surface area contributed by atoms with Crippen LogP contribution in [-0.4, -0.2) is 15.9 Å². The third-order valence-electron chi connectivity index (χ3n) is 2.70. The quantitative estimate of drug-likeness (QED) is 0.374. The number of amides is 1. The standard InChI is InChI=1S/C14H11ClN4O4/c1-8(20)16-10-3-5-14(21)12(7-10)18-17-11-4-2-9(15)6-13(11)19(22)23/h2-7,21H,1H3,(H,16,20). The van der Waals surface area contributed by atoms with Crippen LogP contribution >= 0.6 is 11.6 Å². The smallest absolute Gasteiger partial charge is 0.298 e. The minimum absolute atomic E-state index is 0.0104. The van der Waals surface area contributed by atoms with Crippen molar-refractivity contribution in [2.24, 2.45) is 10.2 Å². The molecule has 0 fully saturated rings. The molecule has 0 saturated carbocycles. The molecule has 0 aliphatic heterocycles. The van der Waals surface area contributed by atoms with Gasteiger partial charge in [-0.1, -0.05) is 11.6 Å². The largest absolute Gasteiger partial charge is 0.506 e. The molecular formula is C14H11ClN4O4. The van der Waals surface area contributed by atoms with Crippen molar-refractivity contribution >= 4 is 40.3 Å². The second kappa shape index (κ2) is 6.84. The van der Waals surface area contributed by atoms with Gasteiger partial charge in [0.25, 0.3) is 5.69 Å². The second-order valence-electron chi connectivity index (χ2n) is 4.47. The molecule has 0 aromatic heterocycles. The first-order valence-electron chi connectivity index (χ1n) is 6.33. The topological polar surface area (TPSA) is 117 Å². The zero-order valence-corrected chi connectivity index (χ0v) is 12.6. The molecule has 1 amide bonds. The summed E-state index contributed by atoms with van der Waals surface area (Å²) in [6.45, 7) is 1.34. The van der Waals surface area contributed by atoms with Crippen molar-refractivity contribution in [3.05, 3.63) is 51.5 Å². The Hall–Kier alpha value is -3.00. The highest BCUT2D eigenvalue weighted by molar-refractivity contribution is 6.30. The van der Waals surface area contributed by atoms with Gasteiger partial charge in [-0.05, 0) is 30.3 Å². The maximum atomic E-state index is 11.0. The summed E-state index contributed by atoms with van der Waals surface area (Å²) >= 11 is 5.72. The summed E-state index contributed by atoms with van der Waals surface area (Å²) in [4.78, 5) is 21.4. The summed E-state index contributed by atoms with van der Waals surface area (Å²) in [6, 6.07) is 8.15. The highest BCUT2D eigenvalue weighted by atomic mass is 35.5. The number of benzene rings is 2. The van der Waals surface area contributed by atoms with Crippen molar-refractivity contribution in [3.8, 4) is 5.75 Å². The molecule has 2 aromatic carbocycles. The minimum atomic E-state index is -0.631. The van der Waals surface area contributed by atoms with Crippen LogP contribution in [0.2, 0.25) is 5.02 Å². The van der Waals surface area contributed by atoms with E-state index >= 15 is 0 Å². The minimum Gasteiger partial charge on any atom is -0.506 e. The number of nitro benzene ring substituents is 1. The maximum Gasteiger partial charge on any atom is 0.298 e. The Balaban J connectivity index is 2.37. The molecule has 0 radical (unpaired) electrons. The van der Waals surface area contributed by atoms with Crippen LogP contribution in [0.15, 0.2) is 46.6 Å². The average molecular weight is 335 g/mol. The monoisotopic (exact) mass is 334 g/mol. The van der Waals surface area contributed by atoms with E-state index in [1.165, 1.54) is 37.3 Å². The van der Waals surface area contributed by atoms with Gasteiger partial charge in [0.2, 0.25) is 5.91 Å². The van der Waals surface area contributed by atoms with Gasteiger partial charge in [-0.3, -0.25) is 14.9 Å². The van der Waals surface area contributed by atoms with Gasteiger partial charge in [-0.2, -0.15) is 0 Å². The Bertz CT molecular complexity index is 807. The number of nitrogens with zero attached hydrogens (tertiary/aromatic N) is 3. The lowest BCUT2D eigenvalue weighted by atomic mass is 10.2. The van der Waals surface area contributed by atoms with E-state index in [-0.39, 0.29) is 33.7 Å². The normalized spacial score (nSPS) is 10.7. The van der Waals surface area contributed by atoms with E-state index < -0.39 is 4.92 Å². The third kappa shape index (κ3) is 4.24. The Morgan fingerprint density at radius 1 is 1.22 bits per heavy atom. The van der Waals surface area contributed by atoms with Crippen LogP contribution in [0.3, 0.4) is 0 Å². The lowest BCUT2D eigenvalue weighted by Gasteiger charge is -2.04. The molecular weight excluding hydrogens is 324 g/mol. The Morgan fingerprint density at radius 3 is 2.57 bits per heavy atom. The first-order chi connectivity index (χ1) is 10.9. The highest BCUT2D eigenvalue weighted by Crippen LogP contribution is 2.34. The van der Waals surface area contributed by atoms with Gasteiger partial charge in [0.05, 0.1) is 4.92 Å². The van der Waals surface area contributed by atoms with E-state index in [1.807, 2.05) is 0 Å². The van der Waals surface area contributed by atoms with Crippen LogP contribution in [0.1, 0.15) is 6.92 Å². The number of aromatic hydroxyl groups is 1. The number of hydrogen-bond acceptors (Lipinski definition) is 6. The lowest BCUT2D eigenvalue weighted by Crippen LogP contribution is -2.05. The van der Waals surface area contributed by atoms with E-state index in [0.717, 1.165) is 6.07 Å². The van der Waals surface area contributed by atoms with Gasteiger partial charge in [0.15, 0.2) is 5.69 Å². The second-order valence-corrected chi connectivity index (χ2v) is 4.91. The van der Waals surface area contributed by atoms with Crippen molar-refractivity contribution in [2.45, 2.75) is 6.92 Å². The van der Waals surface area contributed by atoms with Crippen molar-refractivity contribution in [3.63, 3.8) is 0 Å². The van der Waals surface area contributed by atoms with E-state index in [9.17, 15) is 20.0 Å². The number of carbonyl (C=O) groups excluding carboxylic acids is 1. The highest BCUT2D eigenvalue weighted by Gasteiger charge is 2.14.